The van der Waals surface area contributed by atoms with E-state index in [0.29, 0.717) is 12.4 Å². The lowest BCUT2D eigenvalue weighted by atomic mass is 10.2. The topological polar surface area (TPSA) is 79.8 Å². The molecule has 0 amide bonds. The molecule has 6 nitrogen and oxygen atoms in total. The summed E-state index contributed by atoms with van der Waals surface area (Å²) in [7, 11) is 5.63. The van der Waals surface area contributed by atoms with Crippen LogP contribution in [0.4, 0.5) is 5.82 Å². The van der Waals surface area contributed by atoms with Crippen LogP contribution in [-0.2, 0) is 0 Å². The second-order valence-corrected chi connectivity index (χ2v) is 4.70. The summed E-state index contributed by atoms with van der Waals surface area (Å²) < 4.78 is 0. The summed E-state index contributed by atoms with van der Waals surface area (Å²) in [6.45, 7) is 6.31. The fourth-order valence-electron chi connectivity index (χ4n) is 1.58. The van der Waals surface area contributed by atoms with Gasteiger partial charge >= 0.3 is 0 Å². The van der Waals surface area contributed by atoms with Crippen LogP contribution in [0, 0.1) is 6.92 Å². The molecule has 0 aliphatic heterocycles. The first-order valence-corrected chi connectivity index (χ1v) is 6.52. The van der Waals surface area contributed by atoms with Crippen LogP contribution in [0.2, 0.25) is 0 Å². The molecule has 1 aromatic rings. The minimum atomic E-state index is 0.431. The Hall–Kier alpha value is -2.50. The summed E-state index contributed by atoms with van der Waals surface area (Å²) in [5, 5.41) is 0. The van der Waals surface area contributed by atoms with Gasteiger partial charge in [0.25, 0.3) is 0 Å². The van der Waals surface area contributed by atoms with Crippen molar-refractivity contribution in [3.63, 3.8) is 0 Å². The van der Waals surface area contributed by atoms with E-state index in [-0.39, 0.29) is 0 Å². The number of nitrogens with two attached hydrogens (primary N) is 1. The third-order valence-corrected chi connectivity index (χ3v) is 2.78. The second kappa shape index (κ2) is 7.94. The number of aliphatic imine (C=N–C) groups is 2. The predicted octanol–water partition coefficient (Wildman–Crippen LogP) is 1.49. The van der Waals surface area contributed by atoms with Gasteiger partial charge in [0.15, 0.2) is 0 Å². The molecule has 1 aromatic heterocycles. The zero-order chi connectivity index (χ0) is 15.8. The van der Waals surface area contributed by atoms with Crippen molar-refractivity contribution in [1.82, 2.24) is 14.9 Å². The smallest absolute Gasteiger partial charge is 0.135 e. The highest BCUT2D eigenvalue weighted by Crippen LogP contribution is 2.07. The first kappa shape index (κ1) is 16.6. The van der Waals surface area contributed by atoms with Crippen LogP contribution in [0.15, 0.2) is 40.6 Å². The molecule has 112 valence electrons. The van der Waals surface area contributed by atoms with E-state index in [9.17, 15) is 0 Å². The number of aryl methyl sites for hydroxylation is 1. The Bertz CT molecular complexity index is 564. The number of hydrogen-bond donors (Lipinski definition) is 1. The average molecular weight is 286 g/mol. The minimum Gasteiger partial charge on any atom is -0.383 e. The number of amidine groups is 1. The van der Waals surface area contributed by atoms with E-state index in [1.165, 1.54) is 6.33 Å². The second-order valence-electron chi connectivity index (χ2n) is 4.70. The van der Waals surface area contributed by atoms with Crippen molar-refractivity contribution in [1.29, 1.82) is 0 Å². The largest absolute Gasteiger partial charge is 0.383 e. The maximum absolute atomic E-state index is 5.79. The van der Waals surface area contributed by atoms with Gasteiger partial charge in [0.05, 0.1) is 17.8 Å². The lowest BCUT2D eigenvalue weighted by Crippen LogP contribution is -2.19. The summed E-state index contributed by atoms with van der Waals surface area (Å²) in [4.78, 5) is 18.4. The van der Waals surface area contributed by atoms with Crippen molar-refractivity contribution in [2.24, 2.45) is 9.98 Å². The Balaban J connectivity index is 2.65. The number of rotatable bonds is 5. The molecule has 0 aliphatic rings. The SMILES string of the molecule is C=C(/C=C\C(=NC)N(C)C)CN=Cc1c(C)ncnc1N. The normalized spacial score (nSPS) is 12.3. The van der Waals surface area contributed by atoms with Crippen molar-refractivity contribution in [3.8, 4) is 0 Å². The average Bonchev–Trinajstić information content (AvgIpc) is 2.42. The summed E-state index contributed by atoms with van der Waals surface area (Å²) >= 11 is 0. The molecule has 0 spiro atoms. The maximum atomic E-state index is 5.79. The Morgan fingerprint density at radius 1 is 1.38 bits per heavy atom. The van der Waals surface area contributed by atoms with Gasteiger partial charge in [-0.3, -0.25) is 9.98 Å². The Labute approximate surface area is 125 Å². The molecule has 0 aliphatic carbocycles. The maximum Gasteiger partial charge on any atom is 0.135 e. The monoisotopic (exact) mass is 286 g/mol. The molecule has 1 heterocycles. The molecular formula is C15H22N6. The number of anilines is 1. The Morgan fingerprint density at radius 3 is 2.67 bits per heavy atom. The standard InChI is InChI=1S/C15H22N6/c1-11(6-7-14(17-3)21(4)5)8-18-9-13-12(2)19-10-20-15(13)16/h6-7,9-10H,1,8H2,2-5H3,(H2,16,19,20)/b7-6-,17-14?,18-9?. The number of aromatic nitrogens is 2. The van der Waals surface area contributed by atoms with Gasteiger partial charge in [-0.1, -0.05) is 12.7 Å². The fraction of sp³-hybridized carbons (Fsp3) is 0.333. The molecule has 0 bridgehead atoms. The van der Waals surface area contributed by atoms with E-state index in [1.807, 2.05) is 38.1 Å². The van der Waals surface area contributed by atoms with Crippen LogP contribution in [0.3, 0.4) is 0 Å². The van der Waals surface area contributed by atoms with Gasteiger partial charge in [-0.15, -0.1) is 0 Å². The summed E-state index contributed by atoms with van der Waals surface area (Å²) in [6, 6.07) is 0. The highest BCUT2D eigenvalue weighted by molar-refractivity contribution is 5.92. The third kappa shape index (κ3) is 5.18. The van der Waals surface area contributed by atoms with E-state index >= 15 is 0 Å². The van der Waals surface area contributed by atoms with Crippen molar-refractivity contribution in [2.45, 2.75) is 6.92 Å². The molecule has 0 unspecified atom stereocenters. The lowest BCUT2D eigenvalue weighted by molar-refractivity contribution is 0.625. The van der Waals surface area contributed by atoms with Crippen molar-refractivity contribution >= 4 is 17.9 Å². The van der Waals surface area contributed by atoms with Gasteiger partial charge in [0, 0.05) is 27.4 Å². The van der Waals surface area contributed by atoms with Gasteiger partial charge in [-0.05, 0) is 18.6 Å². The first-order chi connectivity index (χ1) is 9.95. The van der Waals surface area contributed by atoms with E-state index in [1.54, 1.807) is 13.3 Å². The molecule has 0 atom stereocenters. The van der Waals surface area contributed by atoms with Crippen molar-refractivity contribution < 1.29 is 0 Å². The van der Waals surface area contributed by atoms with Gasteiger partial charge in [0.2, 0.25) is 0 Å². The van der Waals surface area contributed by atoms with Crippen molar-refractivity contribution in [2.75, 3.05) is 33.4 Å². The molecule has 0 saturated heterocycles. The molecule has 0 fully saturated rings. The molecule has 0 saturated carbocycles. The van der Waals surface area contributed by atoms with Crippen molar-refractivity contribution in [3.05, 3.63) is 41.9 Å². The number of likely N-dealkylation sites (N-methyl/N-ethyl adjacent to an activating group) is 1. The summed E-state index contributed by atoms with van der Waals surface area (Å²) in [5.74, 6) is 1.30. The highest BCUT2D eigenvalue weighted by Gasteiger charge is 2.01. The third-order valence-electron chi connectivity index (χ3n) is 2.78. The Kier molecular flexibility index (Phi) is 6.26. The van der Waals surface area contributed by atoms with E-state index in [0.717, 1.165) is 22.7 Å². The van der Waals surface area contributed by atoms with Crippen LogP contribution in [-0.4, -0.2) is 54.6 Å². The van der Waals surface area contributed by atoms with E-state index in [4.69, 9.17) is 5.73 Å². The van der Waals surface area contributed by atoms with Crippen LogP contribution >= 0.6 is 0 Å². The molecule has 6 heteroatoms. The van der Waals surface area contributed by atoms with E-state index in [2.05, 4.69) is 26.5 Å². The molecule has 0 aromatic carbocycles. The quantitative estimate of drug-likeness (QED) is 0.505. The Morgan fingerprint density at radius 2 is 2.10 bits per heavy atom. The molecular weight excluding hydrogens is 264 g/mol. The molecule has 1 rings (SSSR count). The highest BCUT2D eigenvalue weighted by atomic mass is 15.1. The summed E-state index contributed by atoms with van der Waals surface area (Å²) in [6.07, 6.45) is 6.93. The molecule has 2 N–H and O–H groups in total. The van der Waals surface area contributed by atoms with Crippen LogP contribution in [0.25, 0.3) is 0 Å². The number of hydrogen-bond acceptors (Lipinski definition) is 5. The number of nitrogen functional groups attached to an aromatic ring is 1. The van der Waals surface area contributed by atoms with E-state index < -0.39 is 0 Å². The predicted molar refractivity (Wildman–Crippen MR) is 89.0 cm³/mol. The lowest BCUT2D eigenvalue weighted by Gasteiger charge is -2.10. The summed E-state index contributed by atoms with van der Waals surface area (Å²) in [5.41, 5.74) is 8.22. The van der Waals surface area contributed by atoms with Gasteiger partial charge in [0.1, 0.15) is 18.0 Å². The van der Waals surface area contributed by atoms with Gasteiger partial charge < -0.3 is 10.6 Å². The van der Waals surface area contributed by atoms with Gasteiger partial charge in [-0.25, -0.2) is 9.97 Å². The van der Waals surface area contributed by atoms with Crippen LogP contribution in [0.1, 0.15) is 11.3 Å². The molecule has 0 radical (unpaired) electrons. The van der Waals surface area contributed by atoms with Crippen LogP contribution in [0.5, 0.6) is 0 Å². The fourth-order valence-corrected chi connectivity index (χ4v) is 1.58. The minimum absolute atomic E-state index is 0.431. The molecule has 21 heavy (non-hydrogen) atoms. The number of nitrogens with zero attached hydrogens (tertiary/aromatic N) is 5. The zero-order valence-corrected chi connectivity index (χ0v) is 13.0. The van der Waals surface area contributed by atoms with Gasteiger partial charge in [-0.2, -0.15) is 0 Å². The first-order valence-electron chi connectivity index (χ1n) is 6.52. The zero-order valence-electron chi connectivity index (χ0n) is 13.0. The van der Waals surface area contributed by atoms with Crippen LogP contribution < -0.4 is 5.73 Å².